The van der Waals surface area contributed by atoms with E-state index in [1.54, 1.807) is 27.8 Å². The Morgan fingerprint density at radius 3 is 2.45 bits per heavy atom. The molecule has 3 N–H and O–H groups in total. The molecular formula is C32H43ClN10O8S2. The number of carbonyl (C=O) groups excluding carboxylic acids is 4. The lowest BCUT2D eigenvalue weighted by atomic mass is 9.85. The van der Waals surface area contributed by atoms with Gasteiger partial charge >= 0.3 is 6.09 Å². The molecule has 3 aliphatic carbocycles. The molecule has 21 heteroatoms. The molecule has 3 saturated carbocycles. The van der Waals surface area contributed by atoms with Crippen molar-refractivity contribution in [3.05, 3.63) is 23.9 Å². The Morgan fingerprint density at radius 2 is 1.85 bits per heavy atom. The molecule has 0 spiro atoms. The first-order valence-electron chi connectivity index (χ1n) is 17.4. The molecule has 1 saturated heterocycles. The van der Waals surface area contributed by atoms with Crippen molar-refractivity contribution in [2.24, 2.45) is 18.4 Å². The number of hydrogen-bond acceptors (Lipinski definition) is 14. The Bertz CT molecular complexity index is 1880. The summed E-state index contributed by atoms with van der Waals surface area (Å²) in [5.74, 6) is -2.64. The molecule has 2 aromatic rings. The van der Waals surface area contributed by atoms with Gasteiger partial charge in [0.05, 0.1) is 11.8 Å². The van der Waals surface area contributed by atoms with Crippen molar-refractivity contribution in [1.82, 2.24) is 50.4 Å². The topological polar surface area (TPSA) is 230 Å². The molecule has 53 heavy (non-hydrogen) atoms. The molecular weight excluding hydrogens is 752 g/mol. The number of sulfonamides is 1. The summed E-state index contributed by atoms with van der Waals surface area (Å²) >= 11 is 7.35. The Hall–Kier alpha value is -4.04. The third-order valence-corrected chi connectivity index (χ3v) is 12.7. The molecule has 4 fully saturated rings. The number of amides is 4. The average Bonchev–Trinajstić information content (AvgIpc) is 3.89. The number of ether oxygens (including phenoxy) is 2. The lowest BCUT2D eigenvalue weighted by Crippen LogP contribution is -2.60. The zero-order valence-corrected chi connectivity index (χ0v) is 32.2. The third kappa shape index (κ3) is 8.86. The van der Waals surface area contributed by atoms with Gasteiger partial charge in [-0.25, -0.2) is 22.9 Å². The number of likely N-dealkylation sites (tertiary alicyclic amines) is 1. The normalized spacial score (nSPS) is 25.0. The van der Waals surface area contributed by atoms with Gasteiger partial charge in [-0.05, 0) is 72.5 Å². The van der Waals surface area contributed by atoms with Crippen LogP contribution in [0, 0.1) is 11.3 Å². The van der Waals surface area contributed by atoms with Crippen molar-refractivity contribution in [3.8, 4) is 5.88 Å². The summed E-state index contributed by atoms with van der Waals surface area (Å²) in [6, 6.07) is -0.932. The molecule has 1 aliphatic heterocycles. The van der Waals surface area contributed by atoms with Gasteiger partial charge in [0.25, 0.3) is 5.91 Å². The maximum Gasteiger partial charge on any atom is 0.408 e. The van der Waals surface area contributed by atoms with Crippen LogP contribution in [0.1, 0.15) is 72.1 Å². The van der Waals surface area contributed by atoms with Crippen LogP contribution in [-0.4, -0.2) is 109 Å². The van der Waals surface area contributed by atoms with Crippen molar-refractivity contribution in [2.45, 2.75) is 118 Å². The minimum atomic E-state index is -3.92. The highest BCUT2D eigenvalue weighted by molar-refractivity contribution is 7.99. The molecule has 6 rings (SSSR count). The van der Waals surface area contributed by atoms with Crippen LogP contribution in [0.5, 0.6) is 5.88 Å². The van der Waals surface area contributed by atoms with E-state index in [0.29, 0.717) is 18.0 Å². The van der Waals surface area contributed by atoms with Gasteiger partial charge in [0.15, 0.2) is 5.16 Å². The van der Waals surface area contributed by atoms with Crippen LogP contribution in [0.4, 0.5) is 4.79 Å². The van der Waals surface area contributed by atoms with Gasteiger partial charge in [0.2, 0.25) is 32.9 Å². The minimum absolute atomic E-state index is 0.0465. The Kier molecular flexibility index (Phi) is 10.9. The van der Waals surface area contributed by atoms with Crippen molar-refractivity contribution in [2.75, 3.05) is 6.54 Å². The molecule has 288 valence electrons. The van der Waals surface area contributed by atoms with E-state index < -0.39 is 74.1 Å². The number of nitrogens with one attached hydrogen (secondary N) is 3. The molecule has 18 nitrogen and oxygen atoms in total. The third-order valence-electron chi connectivity index (χ3n) is 9.75. The summed E-state index contributed by atoms with van der Waals surface area (Å²) in [4.78, 5) is 65.1. The number of nitrogens with zero attached hydrogens (tertiary/aromatic N) is 7. The van der Waals surface area contributed by atoms with Crippen LogP contribution in [0.25, 0.3) is 0 Å². The number of aromatic nitrogens is 6. The molecule has 4 aliphatic rings. The first-order chi connectivity index (χ1) is 25.0. The van der Waals surface area contributed by atoms with E-state index in [-0.39, 0.29) is 41.7 Å². The highest BCUT2D eigenvalue weighted by atomic mass is 35.5. The molecule has 0 bridgehead atoms. The quantitative estimate of drug-likeness (QED) is 0.150. The predicted octanol–water partition coefficient (Wildman–Crippen LogP) is 1.91. The average molecular weight is 795 g/mol. The highest BCUT2D eigenvalue weighted by Gasteiger charge is 2.62. The zero-order valence-electron chi connectivity index (χ0n) is 29.8. The fourth-order valence-electron chi connectivity index (χ4n) is 6.56. The van der Waals surface area contributed by atoms with Gasteiger partial charge in [-0.1, -0.05) is 38.4 Å². The summed E-state index contributed by atoms with van der Waals surface area (Å²) in [7, 11) is -2.27. The second-order valence-electron chi connectivity index (χ2n) is 14.9. The predicted molar refractivity (Wildman–Crippen MR) is 189 cm³/mol. The van der Waals surface area contributed by atoms with E-state index in [1.807, 2.05) is 0 Å². The van der Waals surface area contributed by atoms with Crippen molar-refractivity contribution in [3.63, 3.8) is 0 Å². The Balaban J connectivity index is 1.25. The summed E-state index contributed by atoms with van der Waals surface area (Å²) < 4.78 is 40.7. The fourth-order valence-corrected chi connectivity index (χ4v) is 8.84. The molecule has 1 unspecified atom stereocenters. The second kappa shape index (κ2) is 15.0. The first kappa shape index (κ1) is 38.7. The number of alkyl carbamates (subject to hydrolysis) is 1. The van der Waals surface area contributed by atoms with Crippen LogP contribution in [-0.2, 0) is 36.2 Å². The number of rotatable bonds is 13. The maximum absolute atomic E-state index is 14.5. The standard InChI is InChI=1S/C32H43ClN10O8S2/c1-6-17-15-32(17,27(46)39-53(48,49)20-11-12-20)37-25(44)21-13-19(50-23-14-22(33)34-28(35-23)52-29-38-40-41-42(29)5)16-43(21)26(45)24(31(2,3)4)36-30(47)51-18-9-7-8-10-18/h6,14,17-21,24H,1,7-13,15-16H2,2-5H3,(H,36,47)(H,37,44)(H,39,46)/t17-,19?,21+,24-,32-/m1/s1. The van der Waals surface area contributed by atoms with Crippen molar-refractivity contribution in [1.29, 1.82) is 0 Å². The van der Waals surface area contributed by atoms with Gasteiger partial charge in [-0.15, -0.1) is 11.7 Å². The minimum Gasteiger partial charge on any atom is -0.472 e. The fraction of sp³-hybridized carbons (Fsp3) is 0.656. The summed E-state index contributed by atoms with van der Waals surface area (Å²) in [6.45, 7) is 8.97. The van der Waals surface area contributed by atoms with Crippen LogP contribution >= 0.6 is 23.4 Å². The molecule has 0 aromatic carbocycles. The Labute approximate surface area is 316 Å². The second-order valence-corrected chi connectivity index (χ2v) is 18.2. The van der Waals surface area contributed by atoms with Gasteiger partial charge < -0.3 is 25.0 Å². The summed E-state index contributed by atoms with van der Waals surface area (Å²) in [5, 5.41) is 16.8. The zero-order chi connectivity index (χ0) is 38.3. The van der Waals surface area contributed by atoms with Gasteiger partial charge in [-0.2, -0.15) is 4.98 Å². The number of carbonyl (C=O) groups is 4. The van der Waals surface area contributed by atoms with Crippen molar-refractivity contribution < 1.29 is 37.1 Å². The van der Waals surface area contributed by atoms with Crippen LogP contribution in [0.15, 0.2) is 29.0 Å². The smallest absolute Gasteiger partial charge is 0.408 e. The number of aryl methyl sites for hydroxylation is 1. The molecule has 0 radical (unpaired) electrons. The largest absolute Gasteiger partial charge is 0.472 e. The van der Waals surface area contributed by atoms with Gasteiger partial charge in [-0.3, -0.25) is 19.1 Å². The first-order valence-corrected chi connectivity index (χ1v) is 20.1. The van der Waals surface area contributed by atoms with E-state index in [0.717, 1.165) is 37.4 Å². The number of tetrazole rings is 1. The van der Waals surface area contributed by atoms with E-state index >= 15 is 0 Å². The maximum atomic E-state index is 14.5. The molecule has 3 heterocycles. The molecule has 5 atom stereocenters. The molecule has 4 amide bonds. The van der Waals surface area contributed by atoms with Gasteiger partial charge in [0, 0.05) is 25.5 Å². The van der Waals surface area contributed by atoms with E-state index in [2.05, 4.69) is 47.4 Å². The van der Waals surface area contributed by atoms with E-state index in [4.69, 9.17) is 21.1 Å². The van der Waals surface area contributed by atoms with E-state index in [9.17, 15) is 27.6 Å². The Morgan fingerprint density at radius 1 is 1.13 bits per heavy atom. The number of halogens is 1. The highest BCUT2D eigenvalue weighted by Crippen LogP contribution is 2.45. The van der Waals surface area contributed by atoms with Crippen molar-refractivity contribution >= 4 is 57.2 Å². The summed E-state index contributed by atoms with van der Waals surface area (Å²) in [6.07, 6.45) is 4.01. The van der Waals surface area contributed by atoms with Crippen LogP contribution in [0.2, 0.25) is 5.15 Å². The van der Waals surface area contributed by atoms with Gasteiger partial charge in [0.1, 0.15) is 35.0 Å². The molecule has 2 aromatic heterocycles. The SMILES string of the molecule is C=C[C@@H]1C[C@]1(NC(=O)[C@@H]1CC(Oc2cc(Cl)nc(Sc3nnnn3C)n2)CN1C(=O)[C@@H](NC(=O)OC1CCCC1)C(C)(C)C)C(=O)NS(=O)(=O)C1CC1. The van der Waals surface area contributed by atoms with Crippen LogP contribution in [0.3, 0.4) is 0 Å². The van der Waals surface area contributed by atoms with Crippen LogP contribution < -0.4 is 20.1 Å². The number of hydrogen-bond donors (Lipinski definition) is 3. The summed E-state index contributed by atoms with van der Waals surface area (Å²) in [5.41, 5.74) is -2.41. The lowest BCUT2D eigenvalue weighted by molar-refractivity contribution is -0.143. The van der Waals surface area contributed by atoms with E-state index in [1.165, 1.54) is 21.7 Å². The monoisotopic (exact) mass is 794 g/mol. The lowest BCUT2D eigenvalue weighted by Gasteiger charge is -2.35.